The van der Waals surface area contributed by atoms with E-state index >= 15 is 0 Å². The Morgan fingerprint density at radius 3 is 2.85 bits per heavy atom. The number of aryl methyl sites for hydroxylation is 1. The second kappa shape index (κ2) is 5.79. The molecule has 0 aliphatic carbocycles. The van der Waals surface area contributed by atoms with Crippen LogP contribution in [-0.2, 0) is 0 Å². The number of nitrogens with one attached hydrogen (secondary N) is 1. The third-order valence-corrected chi connectivity index (χ3v) is 4.17. The lowest BCUT2D eigenvalue weighted by molar-refractivity contribution is 0.376. The summed E-state index contributed by atoms with van der Waals surface area (Å²) in [6.45, 7) is 5.35. The fourth-order valence-electron chi connectivity index (χ4n) is 2.88. The van der Waals surface area contributed by atoms with E-state index in [0.717, 1.165) is 37.1 Å². The van der Waals surface area contributed by atoms with Crippen LogP contribution in [0.25, 0.3) is 5.65 Å². The normalized spacial score (nSPS) is 17.0. The Morgan fingerprint density at radius 1 is 1.30 bits per heavy atom. The van der Waals surface area contributed by atoms with Crippen LogP contribution < -0.4 is 10.2 Å². The third-order valence-electron chi connectivity index (χ3n) is 4.17. The van der Waals surface area contributed by atoms with Crippen molar-refractivity contribution in [2.45, 2.75) is 26.2 Å². The molecule has 3 rings (SSSR count). The van der Waals surface area contributed by atoms with Gasteiger partial charge in [0, 0.05) is 19.3 Å². The van der Waals surface area contributed by atoms with Crippen LogP contribution >= 0.6 is 0 Å². The number of fused-ring (bicyclic) bond motifs is 1. The van der Waals surface area contributed by atoms with Crippen LogP contribution in [0.2, 0.25) is 0 Å². The SMILES string of the molecule is CNCCC1CCN(c2nc3ccc(C)cn3n2)CC1. The number of pyridine rings is 1. The Labute approximate surface area is 120 Å². The molecule has 1 aliphatic rings. The second-order valence-electron chi connectivity index (χ2n) is 5.74. The summed E-state index contributed by atoms with van der Waals surface area (Å²) in [6.07, 6.45) is 5.81. The van der Waals surface area contributed by atoms with Crippen LogP contribution in [0.5, 0.6) is 0 Å². The quantitative estimate of drug-likeness (QED) is 0.923. The van der Waals surface area contributed by atoms with Crippen molar-refractivity contribution in [1.82, 2.24) is 19.9 Å². The van der Waals surface area contributed by atoms with Gasteiger partial charge in [-0.15, -0.1) is 5.10 Å². The van der Waals surface area contributed by atoms with E-state index in [1.807, 2.05) is 23.8 Å². The van der Waals surface area contributed by atoms with Crippen LogP contribution in [0.3, 0.4) is 0 Å². The van der Waals surface area contributed by atoms with Gasteiger partial charge in [-0.3, -0.25) is 0 Å². The van der Waals surface area contributed by atoms with Gasteiger partial charge in [0.1, 0.15) is 0 Å². The molecule has 108 valence electrons. The Bertz CT molecular complexity index is 569. The molecule has 1 N–H and O–H groups in total. The molecule has 0 radical (unpaired) electrons. The highest BCUT2D eigenvalue weighted by atomic mass is 15.4. The summed E-state index contributed by atoms with van der Waals surface area (Å²) in [4.78, 5) is 6.95. The monoisotopic (exact) mass is 273 g/mol. The smallest absolute Gasteiger partial charge is 0.245 e. The minimum absolute atomic E-state index is 0.845. The van der Waals surface area contributed by atoms with Crippen LogP contribution in [0, 0.1) is 12.8 Å². The molecular formula is C15H23N5. The van der Waals surface area contributed by atoms with Gasteiger partial charge in [-0.1, -0.05) is 6.07 Å². The first-order valence-corrected chi connectivity index (χ1v) is 7.49. The van der Waals surface area contributed by atoms with E-state index in [4.69, 9.17) is 0 Å². The highest BCUT2D eigenvalue weighted by Gasteiger charge is 2.21. The minimum atomic E-state index is 0.845. The van der Waals surface area contributed by atoms with Crippen molar-refractivity contribution in [3.63, 3.8) is 0 Å². The summed E-state index contributed by atoms with van der Waals surface area (Å²) in [5.41, 5.74) is 2.14. The van der Waals surface area contributed by atoms with E-state index in [-0.39, 0.29) is 0 Å². The van der Waals surface area contributed by atoms with Crippen molar-refractivity contribution in [3.8, 4) is 0 Å². The molecule has 0 unspecified atom stereocenters. The number of piperidine rings is 1. The Morgan fingerprint density at radius 2 is 2.10 bits per heavy atom. The van der Waals surface area contributed by atoms with Gasteiger partial charge < -0.3 is 10.2 Å². The van der Waals surface area contributed by atoms with Gasteiger partial charge in [0.25, 0.3) is 0 Å². The summed E-state index contributed by atoms with van der Waals surface area (Å²) in [5, 5.41) is 7.84. The predicted octanol–water partition coefficient (Wildman–Crippen LogP) is 1.86. The standard InChI is InChI=1S/C15H23N5/c1-12-3-4-14-17-15(18-20(14)11-12)19-9-6-13(7-10-19)5-8-16-2/h3-4,11,13,16H,5-10H2,1-2H3. The van der Waals surface area contributed by atoms with Crippen LogP contribution in [0.15, 0.2) is 18.3 Å². The minimum Gasteiger partial charge on any atom is -0.339 e. The molecule has 0 amide bonds. The molecule has 1 saturated heterocycles. The lowest BCUT2D eigenvalue weighted by Gasteiger charge is -2.31. The van der Waals surface area contributed by atoms with Gasteiger partial charge in [0.15, 0.2) is 5.65 Å². The number of rotatable bonds is 4. The Kier molecular flexibility index (Phi) is 3.87. The maximum absolute atomic E-state index is 4.63. The molecule has 1 aliphatic heterocycles. The molecule has 2 aromatic rings. The molecule has 5 heteroatoms. The first kappa shape index (κ1) is 13.4. The molecule has 0 aromatic carbocycles. The first-order valence-electron chi connectivity index (χ1n) is 7.49. The van der Waals surface area contributed by atoms with Gasteiger partial charge in [-0.2, -0.15) is 4.98 Å². The summed E-state index contributed by atoms with van der Waals surface area (Å²) in [6, 6.07) is 4.11. The average Bonchev–Trinajstić information content (AvgIpc) is 2.88. The zero-order valence-electron chi connectivity index (χ0n) is 12.3. The molecule has 2 aromatic heterocycles. The van der Waals surface area contributed by atoms with E-state index < -0.39 is 0 Å². The van der Waals surface area contributed by atoms with Crippen LogP contribution in [0.4, 0.5) is 5.95 Å². The summed E-state index contributed by atoms with van der Waals surface area (Å²) in [5.74, 6) is 1.72. The summed E-state index contributed by atoms with van der Waals surface area (Å²) < 4.78 is 1.89. The van der Waals surface area contributed by atoms with Crippen molar-refractivity contribution in [1.29, 1.82) is 0 Å². The molecule has 0 atom stereocenters. The second-order valence-corrected chi connectivity index (χ2v) is 5.74. The van der Waals surface area contributed by atoms with Crippen molar-refractivity contribution in [2.24, 2.45) is 5.92 Å². The largest absolute Gasteiger partial charge is 0.339 e. The molecular weight excluding hydrogens is 250 g/mol. The molecule has 20 heavy (non-hydrogen) atoms. The van der Waals surface area contributed by atoms with Crippen LogP contribution in [0.1, 0.15) is 24.8 Å². The van der Waals surface area contributed by atoms with E-state index in [0.29, 0.717) is 0 Å². The third kappa shape index (κ3) is 2.77. The van der Waals surface area contributed by atoms with Crippen LogP contribution in [-0.4, -0.2) is 41.3 Å². The Balaban J connectivity index is 1.67. The fourth-order valence-corrected chi connectivity index (χ4v) is 2.88. The summed E-state index contributed by atoms with van der Waals surface area (Å²) in [7, 11) is 2.03. The van der Waals surface area contributed by atoms with Gasteiger partial charge in [-0.05, 0) is 57.3 Å². The number of anilines is 1. The molecule has 0 bridgehead atoms. The molecule has 3 heterocycles. The van der Waals surface area contributed by atoms with Gasteiger partial charge in [-0.25, -0.2) is 4.52 Å². The maximum Gasteiger partial charge on any atom is 0.245 e. The maximum atomic E-state index is 4.63. The number of hydrogen-bond donors (Lipinski definition) is 1. The van der Waals surface area contributed by atoms with E-state index in [2.05, 4.69) is 33.3 Å². The molecule has 5 nitrogen and oxygen atoms in total. The van der Waals surface area contributed by atoms with E-state index in [1.54, 1.807) is 0 Å². The molecule has 0 spiro atoms. The van der Waals surface area contributed by atoms with Crippen molar-refractivity contribution in [3.05, 3.63) is 23.9 Å². The lowest BCUT2D eigenvalue weighted by atomic mass is 9.94. The highest BCUT2D eigenvalue weighted by molar-refractivity contribution is 5.45. The highest BCUT2D eigenvalue weighted by Crippen LogP contribution is 2.23. The number of hydrogen-bond acceptors (Lipinski definition) is 4. The summed E-state index contributed by atoms with van der Waals surface area (Å²) >= 11 is 0. The van der Waals surface area contributed by atoms with Gasteiger partial charge in [0.2, 0.25) is 5.95 Å². The van der Waals surface area contributed by atoms with Crippen molar-refractivity contribution >= 4 is 11.6 Å². The van der Waals surface area contributed by atoms with E-state index in [1.165, 1.54) is 24.8 Å². The zero-order chi connectivity index (χ0) is 13.9. The fraction of sp³-hybridized carbons (Fsp3) is 0.600. The zero-order valence-corrected chi connectivity index (χ0v) is 12.3. The lowest BCUT2D eigenvalue weighted by Crippen LogP contribution is -2.35. The van der Waals surface area contributed by atoms with E-state index in [9.17, 15) is 0 Å². The molecule has 1 fully saturated rings. The van der Waals surface area contributed by atoms with Crippen molar-refractivity contribution < 1.29 is 0 Å². The number of aromatic nitrogens is 3. The van der Waals surface area contributed by atoms with Crippen molar-refractivity contribution in [2.75, 3.05) is 31.6 Å². The number of nitrogens with zero attached hydrogens (tertiary/aromatic N) is 4. The average molecular weight is 273 g/mol. The van der Waals surface area contributed by atoms with Gasteiger partial charge >= 0.3 is 0 Å². The Hall–Kier alpha value is -1.62. The predicted molar refractivity (Wildman–Crippen MR) is 81.2 cm³/mol. The first-order chi connectivity index (χ1) is 9.76. The molecule has 0 saturated carbocycles. The van der Waals surface area contributed by atoms with Gasteiger partial charge in [0.05, 0.1) is 0 Å². The topological polar surface area (TPSA) is 45.5 Å².